The van der Waals surface area contributed by atoms with Crippen LogP contribution in [0.25, 0.3) is 0 Å². The Morgan fingerprint density at radius 2 is 1.11 bits per heavy atom. The lowest BCUT2D eigenvalue weighted by molar-refractivity contribution is 0.0762. The zero-order chi connectivity index (χ0) is 42.6. The third-order valence-corrected chi connectivity index (χ3v) is 13.2. The summed E-state index contributed by atoms with van der Waals surface area (Å²) in [6, 6.07) is 0. The monoisotopic (exact) mass is 791 g/mol. The smallest absolute Gasteiger partial charge is 0.00122 e. The molecule has 1 N–H and O–H groups in total. The second-order valence-electron chi connectivity index (χ2n) is 17.5. The van der Waals surface area contributed by atoms with Crippen LogP contribution in [0.5, 0.6) is 0 Å². The van der Waals surface area contributed by atoms with E-state index in [0.29, 0.717) is 0 Å². The summed E-state index contributed by atoms with van der Waals surface area (Å²) in [5, 5.41) is 3.84. The zero-order valence-corrected chi connectivity index (χ0v) is 41.7. The summed E-state index contributed by atoms with van der Waals surface area (Å²) >= 11 is 0. The highest BCUT2D eigenvalue weighted by atomic mass is 15.1. The summed E-state index contributed by atoms with van der Waals surface area (Å²) in [6.07, 6.45) is 28.5. The standard InChI is InChI=1S/C41H78N4.C3H8.4C2H6/c1-6-23-44(32-37-15-16-38(7-2)34(3)30-37)24-13-11-9-8-10-12-22-42-31-36-14-17-41(35(4)29-36)33-45-27-20-40(21-28-45)39-18-25-43(5)26-19-39;1-3-2;4*1-2/h8-9,34-42H,6-7,10-33H2,1-5H3;3H2,1-2H3;4*1-2H3/b9-8+;;;;;/t34-,35-,36?,37?,38?,41?;;;;;/m0...../s1. The van der Waals surface area contributed by atoms with Crippen LogP contribution in [-0.2, 0) is 0 Å². The van der Waals surface area contributed by atoms with Gasteiger partial charge in [0.25, 0.3) is 0 Å². The zero-order valence-electron chi connectivity index (χ0n) is 41.7. The van der Waals surface area contributed by atoms with Crippen molar-refractivity contribution >= 4 is 0 Å². The van der Waals surface area contributed by atoms with Gasteiger partial charge in [-0.3, -0.25) is 0 Å². The fraction of sp³-hybridized carbons (Fsp3) is 0.962. The molecule has 0 aromatic rings. The first-order chi connectivity index (χ1) is 27.4. The molecule has 2 saturated heterocycles. The third-order valence-electron chi connectivity index (χ3n) is 13.2. The summed E-state index contributed by atoms with van der Waals surface area (Å²) in [4.78, 5) is 8.16. The predicted molar refractivity (Wildman–Crippen MR) is 258 cm³/mol. The highest BCUT2D eigenvalue weighted by molar-refractivity contribution is 4.86. The molecule has 0 amide bonds. The number of hydrogen-bond acceptors (Lipinski definition) is 4. The number of unbranched alkanes of at least 4 members (excludes halogenated alkanes) is 2. The molecule has 2 heterocycles. The number of likely N-dealkylation sites (tertiary alicyclic amines) is 2. The van der Waals surface area contributed by atoms with Crippen molar-refractivity contribution < 1.29 is 0 Å². The second kappa shape index (κ2) is 40.0. The maximum absolute atomic E-state index is 3.84. The van der Waals surface area contributed by atoms with Crippen molar-refractivity contribution in [3.63, 3.8) is 0 Å². The first-order valence-electron chi connectivity index (χ1n) is 25.8. The molecule has 0 bridgehead atoms. The number of rotatable bonds is 18. The molecule has 4 unspecified atom stereocenters. The van der Waals surface area contributed by atoms with Gasteiger partial charge in [-0.05, 0) is 203 Å². The van der Waals surface area contributed by atoms with Gasteiger partial charge in [0.15, 0.2) is 0 Å². The van der Waals surface area contributed by atoms with Crippen LogP contribution in [0, 0.1) is 47.3 Å². The number of hydrogen-bond donors (Lipinski definition) is 1. The molecule has 0 aromatic heterocycles. The van der Waals surface area contributed by atoms with Crippen LogP contribution in [0.3, 0.4) is 0 Å². The quantitative estimate of drug-likeness (QED) is 0.110. The minimum absolute atomic E-state index is 0.896. The molecule has 0 aromatic carbocycles. The maximum Gasteiger partial charge on any atom is 0.00122 e. The van der Waals surface area contributed by atoms with Crippen molar-refractivity contribution in [2.45, 2.75) is 206 Å². The molecule has 4 rings (SSSR count). The van der Waals surface area contributed by atoms with Gasteiger partial charge in [0.1, 0.15) is 0 Å². The van der Waals surface area contributed by atoms with Gasteiger partial charge < -0.3 is 20.0 Å². The summed E-state index contributed by atoms with van der Waals surface area (Å²) in [5.41, 5.74) is 0. The molecule has 0 spiro atoms. The Hall–Kier alpha value is -0.420. The molecular weight excluding hydrogens is 681 g/mol. The molecule has 4 heteroatoms. The molecule has 2 aliphatic carbocycles. The molecule has 6 atom stereocenters. The van der Waals surface area contributed by atoms with E-state index in [2.05, 4.69) is 80.8 Å². The number of allylic oxidation sites excluding steroid dienone is 2. The predicted octanol–water partition coefficient (Wildman–Crippen LogP) is 14.5. The van der Waals surface area contributed by atoms with Crippen molar-refractivity contribution in [2.75, 3.05) is 72.5 Å². The van der Waals surface area contributed by atoms with Gasteiger partial charge in [-0.15, -0.1) is 0 Å². The van der Waals surface area contributed by atoms with Gasteiger partial charge in [0.05, 0.1) is 0 Å². The topological polar surface area (TPSA) is 21.8 Å². The SMILES string of the molecule is CC.CC.CC.CC.CCC.CCCN(CCC/C=C/CCCNCC1CCC(CN2CCC(C3CCN(C)CC3)CC2)[C@@H](C)C1)CC1CCC(CC)[C@@H](C)C1. The van der Waals surface area contributed by atoms with Crippen molar-refractivity contribution in [3.8, 4) is 0 Å². The molecule has 56 heavy (non-hydrogen) atoms. The highest BCUT2D eigenvalue weighted by Gasteiger charge is 2.32. The third kappa shape index (κ3) is 25.9. The van der Waals surface area contributed by atoms with E-state index < -0.39 is 0 Å². The Labute approximate surface area is 356 Å². The van der Waals surface area contributed by atoms with Gasteiger partial charge in [-0.2, -0.15) is 0 Å². The normalized spacial score (nSPS) is 26.3. The molecule has 338 valence electrons. The van der Waals surface area contributed by atoms with Gasteiger partial charge in [-0.1, -0.05) is 122 Å². The highest BCUT2D eigenvalue weighted by Crippen LogP contribution is 2.37. The van der Waals surface area contributed by atoms with Crippen LogP contribution >= 0.6 is 0 Å². The van der Waals surface area contributed by atoms with E-state index in [1.54, 1.807) is 0 Å². The van der Waals surface area contributed by atoms with Crippen LogP contribution in [-0.4, -0.2) is 87.2 Å². The van der Waals surface area contributed by atoms with E-state index in [4.69, 9.17) is 0 Å². The van der Waals surface area contributed by atoms with Crippen molar-refractivity contribution in [1.29, 1.82) is 0 Å². The summed E-state index contributed by atoms with van der Waals surface area (Å²) in [6.45, 7) is 43.2. The van der Waals surface area contributed by atoms with E-state index in [1.807, 2.05) is 55.4 Å². The molecule has 4 aliphatic rings. The van der Waals surface area contributed by atoms with E-state index in [0.717, 1.165) is 47.3 Å². The minimum Gasteiger partial charge on any atom is -0.316 e. The molecule has 2 aliphatic heterocycles. The van der Waals surface area contributed by atoms with Gasteiger partial charge >= 0.3 is 0 Å². The Balaban J connectivity index is 0. The van der Waals surface area contributed by atoms with E-state index >= 15 is 0 Å². The van der Waals surface area contributed by atoms with Gasteiger partial charge in [0.2, 0.25) is 0 Å². The molecule has 4 fully saturated rings. The lowest BCUT2D eigenvalue weighted by Crippen LogP contribution is -2.43. The minimum atomic E-state index is 0.896. The second-order valence-corrected chi connectivity index (χ2v) is 17.5. The van der Waals surface area contributed by atoms with Crippen LogP contribution in [0.4, 0.5) is 0 Å². The lowest BCUT2D eigenvalue weighted by atomic mass is 9.74. The Kier molecular flexibility index (Phi) is 41.2. The van der Waals surface area contributed by atoms with Gasteiger partial charge in [-0.25, -0.2) is 0 Å². The van der Waals surface area contributed by atoms with E-state index in [1.165, 1.54) is 175 Å². The molecular formula is C52H110N4. The number of piperidine rings is 2. The van der Waals surface area contributed by atoms with Crippen LogP contribution in [0.1, 0.15) is 206 Å². The summed E-state index contributed by atoms with van der Waals surface area (Å²) in [5.74, 6) is 7.63. The molecule has 4 nitrogen and oxygen atoms in total. The van der Waals surface area contributed by atoms with Crippen LogP contribution in [0.15, 0.2) is 12.2 Å². The average Bonchev–Trinajstić information content (AvgIpc) is 3.23. The fourth-order valence-electron chi connectivity index (χ4n) is 10.1. The van der Waals surface area contributed by atoms with Crippen molar-refractivity contribution in [1.82, 2.24) is 20.0 Å². The molecule has 2 saturated carbocycles. The van der Waals surface area contributed by atoms with Crippen molar-refractivity contribution in [2.24, 2.45) is 47.3 Å². The maximum atomic E-state index is 3.84. The largest absolute Gasteiger partial charge is 0.316 e. The van der Waals surface area contributed by atoms with Crippen LogP contribution in [0.2, 0.25) is 0 Å². The molecule has 0 radical (unpaired) electrons. The Bertz CT molecular complexity index is 799. The summed E-state index contributed by atoms with van der Waals surface area (Å²) in [7, 11) is 2.30. The number of nitrogens with zero attached hydrogens (tertiary/aromatic N) is 3. The van der Waals surface area contributed by atoms with E-state index in [-0.39, 0.29) is 0 Å². The van der Waals surface area contributed by atoms with Crippen molar-refractivity contribution in [3.05, 3.63) is 12.2 Å². The Morgan fingerprint density at radius 3 is 1.64 bits per heavy atom. The fourth-order valence-corrected chi connectivity index (χ4v) is 10.1. The summed E-state index contributed by atoms with van der Waals surface area (Å²) < 4.78 is 0. The first kappa shape index (κ1) is 57.7. The number of nitrogens with one attached hydrogen (secondary N) is 1. The van der Waals surface area contributed by atoms with E-state index in [9.17, 15) is 0 Å². The Morgan fingerprint density at radius 1 is 0.607 bits per heavy atom. The van der Waals surface area contributed by atoms with Crippen LogP contribution < -0.4 is 5.32 Å². The first-order valence-corrected chi connectivity index (χ1v) is 25.8. The lowest BCUT2D eigenvalue weighted by Gasteiger charge is -2.42. The average molecular weight is 791 g/mol. The van der Waals surface area contributed by atoms with Gasteiger partial charge in [0, 0.05) is 13.1 Å².